The number of nitrogens with zero attached hydrogens (tertiary/aromatic N) is 1. The fraction of sp³-hybridized carbons (Fsp3) is 0.435. The monoisotopic (exact) mass is 415 g/mol. The first-order valence-corrected chi connectivity index (χ1v) is 10.6. The van der Waals surface area contributed by atoms with E-state index in [4.69, 9.17) is 30.6 Å². The van der Waals surface area contributed by atoms with Gasteiger partial charge in [-0.1, -0.05) is 17.7 Å². The quantitative estimate of drug-likeness (QED) is 0.538. The third-order valence-electron chi connectivity index (χ3n) is 5.36. The molecule has 2 aromatic carbocycles. The van der Waals surface area contributed by atoms with Crippen molar-refractivity contribution in [3.05, 3.63) is 52.4 Å². The number of oxazole rings is 1. The molecule has 0 aliphatic heterocycles. The fourth-order valence-electron chi connectivity index (χ4n) is 3.92. The van der Waals surface area contributed by atoms with Gasteiger partial charge in [-0.25, -0.2) is 4.98 Å². The minimum atomic E-state index is 0.130. The highest BCUT2D eigenvalue weighted by molar-refractivity contribution is 6.31. The molecule has 1 aliphatic rings. The van der Waals surface area contributed by atoms with Crippen LogP contribution < -0.4 is 9.47 Å². The van der Waals surface area contributed by atoms with Gasteiger partial charge in [-0.15, -0.1) is 0 Å². The normalized spacial score (nSPS) is 14.6. The van der Waals surface area contributed by atoms with E-state index in [-0.39, 0.29) is 12.7 Å². The molecule has 4 rings (SSSR count). The van der Waals surface area contributed by atoms with Crippen LogP contribution >= 0.6 is 11.6 Å². The van der Waals surface area contributed by atoms with Crippen LogP contribution in [-0.4, -0.2) is 29.9 Å². The fourth-order valence-corrected chi connectivity index (χ4v) is 4.16. The summed E-state index contributed by atoms with van der Waals surface area (Å²) < 4.78 is 17.7. The topological polar surface area (TPSA) is 64.7 Å². The molecule has 0 atom stereocenters. The Morgan fingerprint density at radius 1 is 1.17 bits per heavy atom. The van der Waals surface area contributed by atoms with E-state index in [1.165, 1.54) is 12.8 Å². The molecular weight excluding hydrogens is 390 g/mol. The van der Waals surface area contributed by atoms with Gasteiger partial charge in [0.15, 0.2) is 23.0 Å². The number of halogens is 1. The number of rotatable bonds is 8. The third-order valence-corrected chi connectivity index (χ3v) is 5.58. The Morgan fingerprint density at radius 3 is 2.76 bits per heavy atom. The van der Waals surface area contributed by atoms with Crippen molar-refractivity contribution in [1.82, 2.24) is 4.98 Å². The predicted molar refractivity (Wildman–Crippen MR) is 113 cm³/mol. The predicted octanol–water partition coefficient (Wildman–Crippen LogP) is 5.33. The lowest BCUT2D eigenvalue weighted by Crippen LogP contribution is -2.11. The number of methoxy groups -OCH3 is 1. The van der Waals surface area contributed by atoms with Gasteiger partial charge in [0.05, 0.1) is 13.2 Å². The van der Waals surface area contributed by atoms with Crippen molar-refractivity contribution in [2.45, 2.75) is 51.0 Å². The molecule has 0 unspecified atom stereocenters. The number of hydrogen-bond donors (Lipinski definition) is 1. The lowest BCUT2D eigenvalue weighted by Gasteiger charge is -2.16. The molecule has 0 spiro atoms. The molecule has 6 heteroatoms. The molecule has 1 heterocycles. The van der Waals surface area contributed by atoms with Crippen molar-refractivity contribution in [2.75, 3.05) is 13.7 Å². The summed E-state index contributed by atoms with van der Waals surface area (Å²) in [7, 11) is 1.66. The first kappa shape index (κ1) is 20.0. The van der Waals surface area contributed by atoms with Crippen molar-refractivity contribution in [1.29, 1.82) is 0 Å². The summed E-state index contributed by atoms with van der Waals surface area (Å²) >= 11 is 6.23. The van der Waals surface area contributed by atoms with Crippen LogP contribution in [0.15, 0.2) is 34.7 Å². The summed E-state index contributed by atoms with van der Waals surface area (Å²) in [5.41, 5.74) is 3.51. The van der Waals surface area contributed by atoms with E-state index in [1.807, 2.05) is 30.3 Å². The van der Waals surface area contributed by atoms with Crippen LogP contribution in [0.4, 0.5) is 0 Å². The summed E-state index contributed by atoms with van der Waals surface area (Å²) in [5, 5.41) is 9.77. The number of aromatic nitrogens is 1. The van der Waals surface area contributed by atoms with E-state index in [1.54, 1.807) is 7.11 Å². The lowest BCUT2D eigenvalue weighted by atomic mass is 10.1. The number of ether oxygens (including phenoxy) is 2. The standard InChI is InChI=1S/C23H26ClNO4/c1-27-20-9-8-15(11-21(20)28-18-6-2-3-7-18)12-22-25-19-14-17(24)13-16(5-4-10-26)23(19)29-22/h8-9,11,13-14,18,26H,2-7,10,12H2,1H3. The molecule has 1 aromatic heterocycles. The highest BCUT2D eigenvalue weighted by atomic mass is 35.5. The molecule has 0 bridgehead atoms. The summed E-state index contributed by atoms with van der Waals surface area (Å²) in [6.07, 6.45) is 6.80. The van der Waals surface area contributed by atoms with Gasteiger partial charge in [-0.05, 0) is 73.9 Å². The van der Waals surface area contributed by atoms with Crippen molar-refractivity contribution < 1.29 is 19.0 Å². The zero-order chi connectivity index (χ0) is 20.2. The van der Waals surface area contributed by atoms with E-state index in [9.17, 15) is 0 Å². The molecule has 0 saturated heterocycles. The third kappa shape index (κ3) is 4.68. The Morgan fingerprint density at radius 2 is 2.00 bits per heavy atom. The largest absolute Gasteiger partial charge is 0.493 e. The SMILES string of the molecule is COc1ccc(Cc2nc3cc(Cl)cc(CCCO)c3o2)cc1OC1CCCC1. The summed E-state index contributed by atoms with van der Waals surface area (Å²) in [6, 6.07) is 9.66. The summed E-state index contributed by atoms with van der Waals surface area (Å²) in [4.78, 5) is 4.63. The van der Waals surface area contributed by atoms with Crippen LogP contribution in [0.25, 0.3) is 11.1 Å². The van der Waals surface area contributed by atoms with Gasteiger partial charge in [0, 0.05) is 18.1 Å². The van der Waals surface area contributed by atoms with Crippen LogP contribution in [0.1, 0.15) is 49.1 Å². The second kappa shape index (κ2) is 9.06. The second-order valence-corrected chi connectivity index (χ2v) is 7.97. The molecule has 3 aromatic rings. The van der Waals surface area contributed by atoms with E-state index < -0.39 is 0 Å². The molecule has 1 N–H and O–H groups in total. The molecular formula is C23H26ClNO4. The number of aliphatic hydroxyl groups is 1. The average molecular weight is 416 g/mol. The Balaban J connectivity index is 1.59. The van der Waals surface area contributed by atoms with E-state index in [2.05, 4.69) is 4.98 Å². The van der Waals surface area contributed by atoms with E-state index in [0.29, 0.717) is 30.2 Å². The van der Waals surface area contributed by atoms with Gasteiger partial charge in [-0.3, -0.25) is 0 Å². The minimum absolute atomic E-state index is 0.130. The lowest BCUT2D eigenvalue weighted by molar-refractivity contribution is 0.200. The number of aryl methyl sites for hydroxylation is 1. The second-order valence-electron chi connectivity index (χ2n) is 7.53. The first-order chi connectivity index (χ1) is 14.2. The minimum Gasteiger partial charge on any atom is -0.493 e. The Hall–Kier alpha value is -2.24. The van der Waals surface area contributed by atoms with E-state index in [0.717, 1.165) is 46.6 Å². The highest BCUT2D eigenvalue weighted by Crippen LogP contribution is 2.33. The van der Waals surface area contributed by atoms with Gasteiger partial charge in [0.2, 0.25) is 0 Å². The average Bonchev–Trinajstić information content (AvgIpc) is 3.35. The van der Waals surface area contributed by atoms with Crippen LogP contribution in [0.2, 0.25) is 5.02 Å². The van der Waals surface area contributed by atoms with Gasteiger partial charge >= 0.3 is 0 Å². The smallest absolute Gasteiger partial charge is 0.199 e. The maximum absolute atomic E-state index is 9.14. The van der Waals surface area contributed by atoms with Crippen molar-refractivity contribution in [2.24, 2.45) is 0 Å². The van der Waals surface area contributed by atoms with Crippen molar-refractivity contribution in [3.8, 4) is 11.5 Å². The zero-order valence-corrected chi connectivity index (χ0v) is 17.4. The summed E-state index contributed by atoms with van der Waals surface area (Å²) in [6.45, 7) is 0.130. The Bertz CT molecular complexity index is 978. The van der Waals surface area contributed by atoms with Gasteiger partial charge in [0.1, 0.15) is 5.52 Å². The molecule has 29 heavy (non-hydrogen) atoms. The van der Waals surface area contributed by atoms with Crippen LogP contribution in [0.3, 0.4) is 0 Å². The molecule has 0 amide bonds. The van der Waals surface area contributed by atoms with Gasteiger partial charge in [-0.2, -0.15) is 0 Å². The van der Waals surface area contributed by atoms with E-state index >= 15 is 0 Å². The Kier molecular flexibility index (Phi) is 6.26. The number of benzene rings is 2. The number of hydrogen-bond acceptors (Lipinski definition) is 5. The molecule has 1 aliphatic carbocycles. The van der Waals surface area contributed by atoms with Gasteiger partial charge in [0.25, 0.3) is 0 Å². The Labute approximate surface area is 175 Å². The van der Waals surface area contributed by atoms with Crippen LogP contribution in [0.5, 0.6) is 11.5 Å². The first-order valence-electron chi connectivity index (χ1n) is 10.2. The highest BCUT2D eigenvalue weighted by Gasteiger charge is 2.19. The van der Waals surface area contributed by atoms with Crippen molar-refractivity contribution >= 4 is 22.7 Å². The maximum Gasteiger partial charge on any atom is 0.199 e. The summed E-state index contributed by atoms with van der Waals surface area (Å²) in [5.74, 6) is 2.15. The van der Waals surface area contributed by atoms with Crippen molar-refractivity contribution in [3.63, 3.8) is 0 Å². The van der Waals surface area contributed by atoms with Gasteiger partial charge < -0.3 is 19.0 Å². The molecule has 1 fully saturated rings. The number of fused-ring (bicyclic) bond motifs is 1. The van der Waals surface area contributed by atoms with Crippen LogP contribution in [-0.2, 0) is 12.8 Å². The maximum atomic E-state index is 9.14. The molecule has 5 nitrogen and oxygen atoms in total. The zero-order valence-electron chi connectivity index (χ0n) is 16.6. The molecule has 1 saturated carbocycles. The molecule has 154 valence electrons. The van der Waals surface area contributed by atoms with Crippen LogP contribution in [0, 0.1) is 0 Å². The molecule has 0 radical (unpaired) electrons. The number of aliphatic hydroxyl groups excluding tert-OH is 1.